The highest BCUT2D eigenvalue weighted by Gasteiger charge is 2.31. The number of aromatic nitrogens is 1. The van der Waals surface area contributed by atoms with Crippen LogP contribution in [0.4, 0.5) is 13.2 Å². The lowest BCUT2D eigenvalue weighted by Gasteiger charge is -2.11. The predicted molar refractivity (Wildman–Crippen MR) is 61.4 cm³/mol. The number of hydrogen-bond donors (Lipinski definition) is 0. The number of benzene rings is 1. The molecule has 18 heavy (non-hydrogen) atoms. The molecule has 0 radical (unpaired) electrons. The quantitative estimate of drug-likeness (QED) is 0.814. The third kappa shape index (κ3) is 3.13. The van der Waals surface area contributed by atoms with Gasteiger partial charge in [-0.1, -0.05) is 17.7 Å². The van der Waals surface area contributed by atoms with Crippen LogP contribution in [0.15, 0.2) is 42.6 Å². The minimum absolute atomic E-state index is 0.309. The molecule has 0 fully saturated rings. The summed E-state index contributed by atoms with van der Waals surface area (Å²) in [5.74, 6) is -0.326. The van der Waals surface area contributed by atoms with Crippen LogP contribution >= 0.6 is 11.6 Å². The largest absolute Gasteiger partial charge is 0.573 e. The van der Waals surface area contributed by atoms with Crippen LogP contribution in [0.1, 0.15) is 0 Å². The molecule has 0 saturated carbocycles. The van der Waals surface area contributed by atoms with Crippen LogP contribution in [-0.2, 0) is 0 Å². The van der Waals surface area contributed by atoms with Gasteiger partial charge >= 0.3 is 6.36 Å². The van der Waals surface area contributed by atoms with Gasteiger partial charge in [-0.15, -0.1) is 13.2 Å². The Hall–Kier alpha value is -1.75. The highest BCUT2D eigenvalue weighted by molar-refractivity contribution is 6.33. The summed E-state index contributed by atoms with van der Waals surface area (Å²) in [5, 5.41) is 0.309. The molecule has 0 bridgehead atoms. The maximum atomic E-state index is 12.1. The molecule has 1 aromatic carbocycles. The van der Waals surface area contributed by atoms with E-state index in [0.29, 0.717) is 16.3 Å². The normalized spacial score (nSPS) is 11.3. The SMILES string of the molecule is FC(F)(F)Oc1ccc(Cl)c(-c2ccccn2)c1. The molecule has 2 aromatic rings. The van der Waals surface area contributed by atoms with Crippen LogP contribution in [0, 0.1) is 0 Å². The van der Waals surface area contributed by atoms with Crippen molar-refractivity contribution in [3.63, 3.8) is 0 Å². The lowest BCUT2D eigenvalue weighted by Crippen LogP contribution is -2.17. The number of rotatable bonds is 2. The number of nitrogens with zero attached hydrogens (tertiary/aromatic N) is 1. The smallest absolute Gasteiger partial charge is 0.406 e. The molecule has 1 aromatic heterocycles. The van der Waals surface area contributed by atoms with Crippen LogP contribution in [0.3, 0.4) is 0 Å². The van der Waals surface area contributed by atoms with Gasteiger partial charge in [-0.3, -0.25) is 4.98 Å². The highest BCUT2D eigenvalue weighted by atomic mass is 35.5. The van der Waals surface area contributed by atoms with Crippen molar-refractivity contribution in [2.45, 2.75) is 6.36 Å². The fraction of sp³-hybridized carbons (Fsp3) is 0.0833. The van der Waals surface area contributed by atoms with E-state index in [1.54, 1.807) is 18.2 Å². The fourth-order valence-corrected chi connectivity index (χ4v) is 1.63. The third-order valence-electron chi connectivity index (χ3n) is 2.11. The molecule has 0 N–H and O–H groups in total. The topological polar surface area (TPSA) is 22.1 Å². The predicted octanol–water partition coefficient (Wildman–Crippen LogP) is 4.30. The van der Waals surface area contributed by atoms with E-state index in [0.717, 1.165) is 6.07 Å². The molecular weight excluding hydrogens is 267 g/mol. The Bertz CT molecular complexity index is 543. The number of pyridine rings is 1. The molecule has 0 aliphatic rings. The Morgan fingerprint density at radius 1 is 1.11 bits per heavy atom. The maximum Gasteiger partial charge on any atom is 0.573 e. The molecule has 6 heteroatoms. The first-order valence-electron chi connectivity index (χ1n) is 4.92. The van der Waals surface area contributed by atoms with Crippen molar-refractivity contribution in [3.05, 3.63) is 47.6 Å². The highest BCUT2D eigenvalue weighted by Crippen LogP contribution is 2.32. The average molecular weight is 274 g/mol. The molecule has 0 saturated heterocycles. The summed E-state index contributed by atoms with van der Waals surface area (Å²) in [5.41, 5.74) is 0.870. The van der Waals surface area contributed by atoms with Crippen molar-refractivity contribution in [2.75, 3.05) is 0 Å². The Balaban J connectivity index is 2.39. The van der Waals surface area contributed by atoms with E-state index in [1.807, 2.05) is 0 Å². The van der Waals surface area contributed by atoms with Crippen LogP contribution in [0.25, 0.3) is 11.3 Å². The first-order chi connectivity index (χ1) is 8.46. The first-order valence-corrected chi connectivity index (χ1v) is 5.30. The van der Waals surface area contributed by atoms with E-state index >= 15 is 0 Å². The minimum atomic E-state index is -4.73. The standard InChI is InChI=1S/C12H7ClF3NO/c13-10-5-4-8(18-12(14,15)16)7-9(10)11-3-1-2-6-17-11/h1-7H. The van der Waals surface area contributed by atoms with Crippen molar-refractivity contribution >= 4 is 11.6 Å². The Kier molecular flexibility index (Phi) is 3.43. The van der Waals surface area contributed by atoms with Gasteiger partial charge in [0.25, 0.3) is 0 Å². The molecule has 94 valence electrons. The fourth-order valence-electron chi connectivity index (χ4n) is 1.42. The molecule has 0 amide bonds. The Labute approximate surface area is 106 Å². The van der Waals surface area contributed by atoms with E-state index < -0.39 is 6.36 Å². The second-order valence-corrected chi connectivity index (χ2v) is 3.81. The molecule has 0 aliphatic heterocycles. The summed E-state index contributed by atoms with van der Waals surface area (Å²) < 4.78 is 40.1. The monoisotopic (exact) mass is 273 g/mol. The van der Waals surface area contributed by atoms with Crippen molar-refractivity contribution in [1.82, 2.24) is 4.98 Å². The van der Waals surface area contributed by atoms with Gasteiger partial charge in [-0.25, -0.2) is 0 Å². The molecular formula is C12H7ClF3NO. The van der Waals surface area contributed by atoms with E-state index in [2.05, 4.69) is 9.72 Å². The zero-order valence-electron chi connectivity index (χ0n) is 8.91. The summed E-state index contributed by atoms with van der Waals surface area (Å²) in [4.78, 5) is 4.03. The molecule has 2 rings (SSSR count). The number of hydrogen-bond acceptors (Lipinski definition) is 2. The van der Waals surface area contributed by atoms with Crippen molar-refractivity contribution in [3.8, 4) is 17.0 Å². The van der Waals surface area contributed by atoms with Gasteiger partial charge in [0.2, 0.25) is 0 Å². The van der Waals surface area contributed by atoms with Gasteiger partial charge < -0.3 is 4.74 Å². The third-order valence-corrected chi connectivity index (χ3v) is 2.44. The van der Waals surface area contributed by atoms with Crippen molar-refractivity contribution in [1.29, 1.82) is 0 Å². The summed E-state index contributed by atoms with van der Waals surface area (Å²) >= 11 is 5.93. The van der Waals surface area contributed by atoms with Crippen LogP contribution in [0.5, 0.6) is 5.75 Å². The molecule has 0 spiro atoms. The van der Waals surface area contributed by atoms with Gasteiger partial charge in [0, 0.05) is 11.8 Å². The van der Waals surface area contributed by atoms with Gasteiger partial charge in [-0.2, -0.15) is 0 Å². The zero-order valence-corrected chi connectivity index (χ0v) is 9.66. The maximum absolute atomic E-state index is 12.1. The first kappa shape index (κ1) is 12.7. The summed E-state index contributed by atoms with van der Waals surface area (Å²) in [6.07, 6.45) is -3.20. The average Bonchev–Trinajstić information content (AvgIpc) is 2.31. The van der Waals surface area contributed by atoms with E-state index in [-0.39, 0.29) is 5.75 Å². The molecule has 2 nitrogen and oxygen atoms in total. The lowest BCUT2D eigenvalue weighted by atomic mass is 10.1. The second-order valence-electron chi connectivity index (χ2n) is 3.40. The summed E-state index contributed by atoms with van der Waals surface area (Å²) in [7, 11) is 0. The lowest BCUT2D eigenvalue weighted by molar-refractivity contribution is -0.274. The van der Waals surface area contributed by atoms with E-state index in [9.17, 15) is 13.2 Å². The second kappa shape index (κ2) is 4.86. The Morgan fingerprint density at radius 2 is 1.89 bits per heavy atom. The molecule has 1 heterocycles. The van der Waals surface area contributed by atoms with E-state index in [1.165, 1.54) is 18.3 Å². The summed E-state index contributed by atoms with van der Waals surface area (Å²) in [6.45, 7) is 0. The van der Waals surface area contributed by atoms with Gasteiger partial charge in [-0.05, 0) is 30.3 Å². The zero-order chi connectivity index (χ0) is 13.2. The number of alkyl halides is 3. The minimum Gasteiger partial charge on any atom is -0.406 e. The van der Waals surface area contributed by atoms with Gasteiger partial charge in [0.1, 0.15) is 5.75 Å². The van der Waals surface area contributed by atoms with Crippen LogP contribution in [0.2, 0.25) is 5.02 Å². The Morgan fingerprint density at radius 3 is 2.50 bits per heavy atom. The molecule has 0 aliphatic carbocycles. The van der Waals surface area contributed by atoms with E-state index in [4.69, 9.17) is 11.6 Å². The summed E-state index contributed by atoms with van der Waals surface area (Å²) in [6, 6.07) is 8.77. The molecule has 0 unspecified atom stereocenters. The molecule has 0 atom stereocenters. The van der Waals surface area contributed by atoms with Gasteiger partial charge in [0.05, 0.1) is 10.7 Å². The number of ether oxygens (including phenoxy) is 1. The van der Waals surface area contributed by atoms with Crippen LogP contribution < -0.4 is 4.74 Å². The van der Waals surface area contributed by atoms with Crippen molar-refractivity contribution in [2.24, 2.45) is 0 Å². The number of halogens is 4. The van der Waals surface area contributed by atoms with Gasteiger partial charge in [0.15, 0.2) is 0 Å². The van der Waals surface area contributed by atoms with Crippen molar-refractivity contribution < 1.29 is 17.9 Å². The van der Waals surface area contributed by atoms with Crippen LogP contribution in [-0.4, -0.2) is 11.3 Å².